The lowest BCUT2D eigenvalue weighted by Crippen LogP contribution is -1.96. The minimum atomic E-state index is 0.664. The van der Waals surface area contributed by atoms with Crippen LogP contribution in [0.1, 0.15) is 0 Å². The Balaban J connectivity index is 0.000000140. The van der Waals surface area contributed by atoms with Crippen molar-refractivity contribution in [3.05, 3.63) is 388 Å². The number of para-hydroxylation sites is 2. The summed E-state index contributed by atoms with van der Waals surface area (Å²) in [6.45, 7) is 0. The van der Waals surface area contributed by atoms with E-state index in [1.807, 2.05) is 65.1 Å². The van der Waals surface area contributed by atoms with Gasteiger partial charge < -0.3 is 4.42 Å². The second-order valence-corrected chi connectivity index (χ2v) is 31.3. The van der Waals surface area contributed by atoms with E-state index in [-0.39, 0.29) is 0 Å². The Kier molecular flexibility index (Phi) is 16.5. The first-order valence-corrected chi connectivity index (χ1v) is 40.2. The predicted molar refractivity (Wildman–Crippen MR) is 483 cm³/mol. The molecule has 0 radical (unpaired) electrons. The van der Waals surface area contributed by atoms with E-state index in [0.29, 0.717) is 11.6 Å². The van der Waals surface area contributed by atoms with Crippen molar-refractivity contribution in [2.24, 2.45) is 0 Å². The van der Waals surface area contributed by atoms with Crippen molar-refractivity contribution < 1.29 is 4.42 Å². The summed E-state index contributed by atoms with van der Waals surface area (Å²) >= 11 is 3.64. The number of hydrogen-bond donors (Lipinski definition) is 0. The van der Waals surface area contributed by atoms with Gasteiger partial charge in [0.1, 0.15) is 11.2 Å². The van der Waals surface area contributed by atoms with Gasteiger partial charge in [-0.15, -0.1) is 22.7 Å². The van der Waals surface area contributed by atoms with Crippen LogP contribution in [-0.4, -0.2) is 29.9 Å². The van der Waals surface area contributed by atoms with Crippen LogP contribution in [0.4, 0.5) is 0 Å². The zero-order chi connectivity index (χ0) is 75.9. The van der Waals surface area contributed by atoms with Crippen molar-refractivity contribution in [3.8, 4) is 124 Å². The number of aromatic nitrogens is 6. The second kappa shape index (κ2) is 28.2. The molecular formula is C106H64N6OS2. The molecule has 7 aromatic heterocycles. The van der Waals surface area contributed by atoms with E-state index in [1.165, 1.54) is 83.8 Å². The highest BCUT2D eigenvalue weighted by molar-refractivity contribution is 7.27. The summed E-state index contributed by atoms with van der Waals surface area (Å²) in [5, 5.41) is 14.5. The van der Waals surface area contributed by atoms with Gasteiger partial charge in [-0.2, -0.15) is 0 Å². The van der Waals surface area contributed by atoms with Gasteiger partial charge in [0.15, 0.2) is 11.6 Å². The molecule has 23 rings (SSSR count). The van der Waals surface area contributed by atoms with E-state index < -0.39 is 0 Å². The largest absolute Gasteiger partial charge is 0.455 e. The van der Waals surface area contributed by atoms with Gasteiger partial charge in [0.25, 0.3) is 0 Å². The summed E-state index contributed by atoms with van der Waals surface area (Å²) in [5.41, 5.74) is 24.2. The smallest absolute Gasteiger partial charge is 0.160 e. The summed E-state index contributed by atoms with van der Waals surface area (Å²) < 4.78 is 11.4. The quantitative estimate of drug-likeness (QED) is 0.119. The Bertz CT molecular complexity index is 7750. The number of furan rings is 1. The maximum absolute atomic E-state index is 6.43. The van der Waals surface area contributed by atoms with Gasteiger partial charge in [0.2, 0.25) is 0 Å². The van der Waals surface area contributed by atoms with E-state index in [1.54, 1.807) is 0 Å². The standard InChI is InChI=1S/C53H31N3OS.C53H33N3S/c1-2-12-32(13-3-1)44-31-45(38-17-10-16-37(28-38)39-20-11-21-41-40-18-6-8-22-47(40)57-51(39)41)56-53(55-44)34-26-24-33(25-27-34)50-52-49(42-19-7-9-23-48(42)58-52)43-29-35-14-4-5-15-36(35)30-46(43)54-50;1-3-12-34(13-4-1)35-22-26-38(27-23-35)47-33-46(37-14-5-2-6-15-37)55-53(56-47)39-28-24-36(25-29-39)40-18-11-19-43(30-40)51-52-50(44-20-9-10-21-49(44)57-52)45-31-41-16-7-8-17-42(41)32-48(45)54-51/h1-31H;1-33H. The number of fused-ring (bicyclic) bond motifs is 15. The molecule has 536 valence electrons. The number of rotatable bonds is 11. The van der Waals surface area contributed by atoms with Crippen LogP contribution >= 0.6 is 22.7 Å². The van der Waals surface area contributed by atoms with Gasteiger partial charge in [0, 0.05) is 103 Å². The Labute approximate surface area is 669 Å². The predicted octanol–water partition coefficient (Wildman–Crippen LogP) is 29.3. The molecule has 0 saturated carbocycles. The zero-order valence-corrected chi connectivity index (χ0v) is 63.5. The number of pyridine rings is 2. The second-order valence-electron chi connectivity index (χ2n) is 29.2. The highest BCUT2D eigenvalue weighted by Gasteiger charge is 2.22. The minimum absolute atomic E-state index is 0.664. The average molecular weight is 1500 g/mol. The molecule has 0 atom stereocenters. The van der Waals surface area contributed by atoms with Crippen molar-refractivity contribution in [1.29, 1.82) is 0 Å². The number of hydrogen-bond acceptors (Lipinski definition) is 9. The maximum Gasteiger partial charge on any atom is 0.160 e. The average Bonchev–Trinajstić information content (AvgIpc) is 1.61. The first kappa shape index (κ1) is 67.2. The molecule has 0 amide bonds. The van der Waals surface area contributed by atoms with E-state index in [9.17, 15) is 0 Å². The molecule has 0 bridgehead atoms. The maximum atomic E-state index is 6.43. The normalized spacial score (nSPS) is 11.7. The topological polar surface area (TPSA) is 90.5 Å². The summed E-state index contributed by atoms with van der Waals surface area (Å²) in [5.74, 6) is 1.36. The van der Waals surface area contributed by atoms with E-state index in [2.05, 4.69) is 346 Å². The van der Waals surface area contributed by atoms with Gasteiger partial charge in [-0.1, -0.05) is 322 Å². The number of thiophene rings is 2. The van der Waals surface area contributed by atoms with Crippen molar-refractivity contribution in [3.63, 3.8) is 0 Å². The van der Waals surface area contributed by atoms with Crippen LogP contribution in [0.25, 0.3) is 229 Å². The molecule has 0 aliphatic rings. The molecule has 7 nitrogen and oxygen atoms in total. The van der Waals surface area contributed by atoms with E-state index in [0.717, 1.165) is 134 Å². The highest BCUT2D eigenvalue weighted by Crippen LogP contribution is 2.47. The van der Waals surface area contributed by atoms with Gasteiger partial charge >= 0.3 is 0 Å². The number of nitrogens with zero attached hydrogens (tertiary/aromatic N) is 6. The molecule has 16 aromatic carbocycles. The fourth-order valence-corrected chi connectivity index (χ4v) is 18.9. The molecule has 115 heavy (non-hydrogen) atoms. The van der Waals surface area contributed by atoms with Crippen molar-refractivity contribution >= 4 is 128 Å². The van der Waals surface area contributed by atoms with Crippen LogP contribution in [0.5, 0.6) is 0 Å². The van der Waals surface area contributed by atoms with Gasteiger partial charge in [-0.25, -0.2) is 29.9 Å². The molecule has 0 aliphatic carbocycles. The van der Waals surface area contributed by atoms with Crippen molar-refractivity contribution in [1.82, 2.24) is 29.9 Å². The fourth-order valence-electron chi connectivity index (χ4n) is 16.4. The Morgan fingerprint density at radius 2 is 0.565 bits per heavy atom. The SMILES string of the molecule is c1ccc(-c2cc(-c3cccc(-c4cccc5c4oc4ccccc45)c3)nc(-c3ccc(-c4nc5cc6ccccc6cc5c5c4sc4ccccc45)cc3)n2)cc1.c1ccc(-c2ccc(-c3cc(-c4ccccc4)nc(-c4ccc(-c5cccc(-c6nc7cc8ccccc8cc7c7c6sc6ccccc67)c5)cc4)n3)cc2)cc1. The Morgan fingerprint density at radius 1 is 0.209 bits per heavy atom. The Hall–Kier alpha value is -14.7. The van der Waals surface area contributed by atoms with Crippen molar-refractivity contribution in [2.45, 2.75) is 0 Å². The van der Waals surface area contributed by atoms with Gasteiger partial charge in [-0.05, 0) is 116 Å². The third kappa shape index (κ3) is 12.3. The molecule has 0 saturated heterocycles. The van der Waals surface area contributed by atoms with Gasteiger partial charge in [0.05, 0.1) is 54.6 Å². The Morgan fingerprint density at radius 3 is 1.11 bits per heavy atom. The minimum Gasteiger partial charge on any atom is -0.455 e. The lowest BCUT2D eigenvalue weighted by Gasteiger charge is -2.12. The highest BCUT2D eigenvalue weighted by atomic mass is 32.1. The molecule has 0 aliphatic heterocycles. The number of benzene rings is 16. The lowest BCUT2D eigenvalue weighted by molar-refractivity contribution is 0.670. The lowest BCUT2D eigenvalue weighted by atomic mass is 9.98. The molecule has 7 heterocycles. The molecular weight excluding hydrogens is 1440 g/mol. The summed E-state index contributed by atoms with van der Waals surface area (Å²) in [6, 6.07) is 137. The zero-order valence-electron chi connectivity index (χ0n) is 61.9. The van der Waals surface area contributed by atoms with Crippen LogP contribution in [-0.2, 0) is 0 Å². The van der Waals surface area contributed by atoms with Crippen LogP contribution in [0.2, 0.25) is 0 Å². The first-order chi connectivity index (χ1) is 56.9. The molecule has 0 N–H and O–H groups in total. The van der Waals surface area contributed by atoms with Crippen LogP contribution in [0, 0.1) is 0 Å². The van der Waals surface area contributed by atoms with E-state index in [4.69, 9.17) is 34.3 Å². The third-order valence-corrected chi connectivity index (χ3v) is 24.5. The summed E-state index contributed by atoms with van der Waals surface area (Å²) in [7, 11) is 0. The third-order valence-electron chi connectivity index (χ3n) is 22.1. The first-order valence-electron chi connectivity index (χ1n) is 38.6. The fraction of sp³-hybridized carbons (Fsp3) is 0. The summed E-state index contributed by atoms with van der Waals surface area (Å²) in [4.78, 5) is 31.4. The van der Waals surface area contributed by atoms with E-state index >= 15 is 0 Å². The van der Waals surface area contributed by atoms with Gasteiger partial charge in [-0.3, -0.25) is 0 Å². The van der Waals surface area contributed by atoms with Crippen LogP contribution in [0.3, 0.4) is 0 Å². The van der Waals surface area contributed by atoms with Crippen molar-refractivity contribution in [2.75, 3.05) is 0 Å². The molecule has 0 spiro atoms. The van der Waals surface area contributed by atoms with Crippen LogP contribution < -0.4 is 0 Å². The van der Waals surface area contributed by atoms with Crippen LogP contribution in [0.15, 0.2) is 393 Å². The summed E-state index contributed by atoms with van der Waals surface area (Å²) in [6.07, 6.45) is 0. The molecule has 9 heteroatoms. The molecule has 23 aromatic rings. The monoisotopic (exact) mass is 1500 g/mol. The molecule has 0 unspecified atom stereocenters. The molecule has 0 fully saturated rings.